The topological polar surface area (TPSA) is 60.1 Å². The first-order valence-electron chi connectivity index (χ1n) is 7.13. The van der Waals surface area contributed by atoms with Crippen LogP contribution < -0.4 is 0 Å². The first-order chi connectivity index (χ1) is 11.3. The molecule has 0 radical (unpaired) electrons. The maximum absolute atomic E-state index is 13.0. The van der Waals surface area contributed by atoms with Gasteiger partial charge in [-0.05, 0) is 5.56 Å². The molecule has 0 amide bonds. The third-order valence-corrected chi connectivity index (χ3v) is 4.71. The van der Waals surface area contributed by atoms with Crippen LogP contribution >= 0.6 is 11.8 Å². The molecule has 0 spiro atoms. The summed E-state index contributed by atoms with van der Waals surface area (Å²) >= 11 is 1.38. The predicted octanol–water partition coefficient (Wildman–Crippen LogP) is 2.89. The fourth-order valence-corrected chi connectivity index (χ4v) is 3.48. The van der Waals surface area contributed by atoms with Crippen LogP contribution in [0.2, 0.25) is 0 Å². The fourth-order valence-electron chi connectivity index (χ4n) is 2.44. The van der Waals surface area contributed by atoms with Crippen LogP contribution in [0, 0.1) is 0 Å². The smallest absolute Gasteiger partial charge is 0.212 e. The van der Waals surface area contributed by atoms with Gasteiger partial charge in [0.15, 0.2) is 5.78 Å². The highest BCUT2D eigenvalue weighted by Gasteiger charge is 2.33. The van der Waals surface area contributed by atoms with E-state index in [1.54, 1.807) is 11.0 Å². The standard InChI is InChI=1S/C17H12N4OS/c22-15(13-9-5-2-6-10-13)16-14(12-7-3-1-4-8-12)20-21-11-18-19-17(21)23-16/h1-11,16H. The highest BCUT2D eigenvalue weighted by molar-refractivity contribution is 8.01. The lowest BCUT2D eigenvalue weighted by atomic mass is 10.0. The van der Waals surface area contributed by atoms with Crippen molar-refractivity contribution >= 4 is 23.3 Å². The number of aromatic nitrogens is 3. The lowest BCUT2D eigenvalue weighted by molar-refractivity contribution is 0.100. The molecule has 0 saturated carbocycles. The van der Waals surface area contributed by atoms with Gasteiger partial charge in [-0.15, -0.1) is 10.2 Å². The Kier molecular flexibility index (Phi) is 3.51. The Hall–Kier alpha value is -2.73. The molecule has 1 unspecified atom stereocenters. The molecule has 112 valence electrons. The number of benzene rings is 2. The molecule has 3 aromatic rings. The summed E-state index contributed by atoms with van der Waals surface area (Å²) in [5.41, 5.74) is 2.31. The molecular weight excluding hydrogens is 308 g/mol. The molecule has 1 atom stereocenters. The molecule has 2 aromatic carbocycles. The van der Waals surface area contributed by atoms with E-state index in [0.29, 0.717) is 10.7 Å². The van der Waals surface area contributed by atoms with E-state index >= 15 is 0 Å². The molecule has 23 heavy (non-hydrogen) atoms. The maximum Gasteiger partial charge on any atom is 0.212 e. The predicted molar refractivity (Wildman–Crippen MR) is 88.8 cm³/mol. The molecule has 0 saturated heterocycles. The SMILES string of the molecule is O=C(c1ccccc1)C1Sc2nncn2N=C1c1ccccc1. The van der Waals surface area contributed by atoms with Gasteiger partial charge in [-0.25, -0.2) is 0 Å². The number of hydrogen-bond donors (Lipinski definition) is 0. The largest absolute Gasteiger partial charge is 0.292 e. The van der Waals surface area contributed by atoms with Crippen LogP contribution in [-0.4, -0.2) is 31.6 Å². The van der Waals surface area contributed by atoms with Crippen LogP contribution in [0.3, 0.4) is 0 Å². The molecule has 0 fully saturated rings. The van der Waals surface area contributed by atoms with Crippen LogP contribution in [0.1, 0.15) is 15.9 Å². The highest BCUT2D eigenvalue weighted by Crippen LogP contribution is 2.31. The minimum atomic E-state index is -0.434. The van der Waals surface area contributed by atoms with Gasteiger partial charge < -0.3 is 0 Å². The van der Waals surface area contributed by atoms with Gasteiger partial charge in [-0.1, -0.05) is 72.4 Å². The van der Waals surface area contributed by atoms with Crippen LogP contribution in [0.4, 0.5) is 0 Å². The summed E-state index contributed by atoms with van der Waals surface area (Å²) in [6.45, 7) is 0. The molecule has 0 bridgehead atoms. The van der Waals surface area contributed by atoms with Crippen LogP contribution in [-0.2, 0) is 0 Å². The van der Waals surface area contributed by atoms with Crippen molar-refractivity contribution in [2.75, 3.05) is 0 Å². The van der Waals surface area contributed by atoms with E-state index in [2.05, 4.69) is 15.3 Å². The zero-order valence-electron chi connectivity index (χ0n) is 12.0. The molecule has 0 N–H and O–H groups in total. The fraction of sp³-hybridized carbons (Fsp3) is 0.0588. The van der Waals surface area contributed by atoms with E-state index in [9.17, 15) is 4.79 Å². The molecule has 4 rings (SSSR count). The lowest BCUT2D eigenvalue weighted by Gasteiger charge is -2.21. The third kappa shape index (κ3) is 2.57. The van der Waals surface area contributed by atoms with Gasteiger partial charge in [0.1, 0.15) is 11.6 Å². The van der Waals surface area contributed by atoms with Crippen molar-refractivity contribution in [1.29, 1.82) is 0 Å². The Balaban J connectivity index is 1.80. The van der Waals surface area contributed by atoms with Gasteiger partial charge in [0.05, 0.1) is 5.71 Å². The monoisotopic (exact) mass is 320 g/mol. The summed E-state index contributed by atoms with van der Waals surface area (Å²) in [7, 11) is 0. The number of Topliss-reactive ketones (excluding diaryl/α,β-unsaturated/α-hetero) is 1. The number of hydrogen-bond acceptors (Lipinski definition) is 5. The maximum atomic E-state index is 13.0. The molecule has 0 aliphatic carbocycles. The number of carbonyl (C=O) groups excluding carboxylic acids is 1. The zero-order chi connectivity index (χ0) is 15.6. The normalized spacial score (nSPS) is 16.5. The van der Waals surface area contributed by atoms with E-state index in [0.717, 1.165) is 11.3 Å². The summed E-state index contributed by atoms with van der Waals surface area (Å²) in [5, 5.41) is 12.7. The Labute approximate surface area is 137 Å². The Morgan fingerprint density at radius 3 is 2.43 bits per heavy atom. The minimum absolute atomic E-state index is 0.0208. The number of ketones is 1. The van der Waals surface area contributed by atoms with Crippen molar-refractivity contribution in [2.45, 2.75) is 10.4 Å². The summed E-state index contributed by atoms with van der Waals surface area (Å²) in [6, 6.07) is 19.0. The highest BCUT2D eigenvalue weighted by atomic mass is 32.2. The van der Waals surface area contributed by atoms with Crippen molar-refractivity contribution in [3.05, 3.63) is 78.1 Å². The van der Waals surface area contributed by atoms with E-state index < -0.39 is 5.25 Å². The minimum Gasteiger partial charge on any atom is -0.292 e. The zero-order valence-corrected chi connectivity index (χ0v) is 12.9. The van der Waals surface area contributed by atoms with Crippen LogP contribution in [0.25, 0.3) is 0 Å². The quantitative estimate of drug-likeness (QED) is 0.696. The van der Waals surface area contributed by atoms with Crippen molar-refractivity contribution in [2.24, 2.45) is 5.10 Å². The summed E-state index contributed by atoms with van der Waals surface area (Å²) in [5.74, 6) is 0.0208. The van der Waals surface area contributed by atoms with Gasteiger partial charge in [0, 0.05) is 5.56 Å². The molecule has 1 aliphatic rings. The molecular formula is C17H12N4OS. The molecule has 6 heteroatoms. The Morgan fingerprint density at radius 1 is 1.00 bits per heavy atom. The van der Waals surface area contributed by atoms with E-state index in [4.69, 9.17) is 0 Å². The first-order valence-corrected chi connectivity index (χ1v) is 8.01. The van der Waals surface area contributed by atoms with E-state index in [-0.39, 0.29) is 5.78 Å². The molecule has 5 nitrogen and oxygen atoms in total. The second kappa shape index (κ2) is 5.81. The molecule has 2 heterocycles. The van der Waals surface area contributed by atoms with Crippen molar-refractivity contribution in [3.8, 4) is 0 Å². The van der Waals surface area contributed by atoms with Gasteiger partial charge in [0.2, 0.25) is 5.16 Å². The Bertz CT molecular complexity index is 874. The average molecular weight is 320 g/mol. The van der Waals surface area contributed by atoms with Crippen molar-refractivity contribution in [3.63, 3.8) is 0 Å². The van der Waals surface area contributed by atoms with Crippen molar-refractivity contribution < 1.29 is 4.79 Å². The first kappa shape index (κ1) is 13.9. The van der Waals surface area contributed by atoms with Gasteiger partial charge in [0.25, 0.3) is 0 Å². The summed E-state index contributed by atoms with van der Waals surface area (Å²) in [4.78, 5) is 13.0. The van der Waals surface area contributed by atoms with Gasteiger partial charge in [-0.2, -0.15) is 9.78 Å². The molecule has 1 aromatic heterocycles. The van der Waals surface area contributed by atoms with Crippen LogP contribution in [0.5, 0.6) is 0 Å². The van der Waals surface area contributed by atoms with Crippen LogP contribution in [0.15, 0.2) is 77.2 Å². The number of rotatable bonds is 3. The second-order valence-electron chi connectivity index (χ2n) is 5.04. The third-order valence-electron chi connectivity index (χ3n) is 3.55. The van der Waals surface area contributed by atoms with Crippen molar-refractivity contribution in [1.82, 2.24) is 14.9 Å². The van der Waals surface area contributed by atoms with Gasteiger partial charge >= 0.3 is 0 Å². The van der Waals surface area contributed by atoms with Gasteiger partial charge in [-0.3, -0.25) is 4.79 Å². The molecule has 1 aliphatic heterocycles. The average Bonchev–Trinajstić information content (AvgIpc) is 3.09. The summed E-state index contributed by atoms with van der Waals surface area (Å²) in [6.07, 6.45) is 1.55. The number of nitrogens with zero attached hydrogens (tertiary/aromatic N) is 4. The second-order valence-corrected chi connectivity index (χ2v) is 6.11. The van der Waals surface area contributed by atoms with E-state index in [1.807, 2.05) is 60.7 Å². The lowest BCUT2D eigenvalue weighted by Crippen LogP contribution is -2.31. The summed E-state index contributed by atoms with van der Waals surface area (Å²) < 4.78 is 1.61. The number of fused-ring (bicyclic) bond motifs is 1. The van der Waals surface area contributed by atoms with E-state index in [1.165, 1.54) is 11.8 Å². The number of carbonyl (C=O) groups is 1. The number of thioether (sulfide) groups is 1. The Morgan fingerprint density at radius 2 is 1.70 bits per heavy atom.